The summed E-state index contributed by atoms with van der Waals surface area (Å²) in [5, 5.41) is 8.72. The molecule has 0 radical (unpaired) electrons. The predicted octanol–water partition coefficient (Wildman–Crippen LogP) is 2.81. The lowest BCUT2D eigenvalue weighted by Gasteiger charge is -2.33. The van der Waals surface area contributed by atoms with Gasteiger partial charge < -0.3 is 4.74 Å². The van der Waals surface area contributed by atoms with Crippen LogP contribution in [0.2, 0.25) is 5.15 Å². The van der Waals surface area contributed by atoms with Gasteiger partial charge in [-0.1, -0.05) is 11.6 Å². The van der Waals surface area contributed by atoms with Crippen molar-refractivity contribution in [1.82, 2.24) is 4.98 Å². The third kappa shape index (κ3) is 1.93. The maximum absolute atomic E-state index is 5.96. The lowest BCUT2D eigenvalue weighted by atomic mass is 9.84. The lowest BCUT2D eigenvalue weighted by molar-refractivity contribution is 0.0224. The molecular formula is C12H13ClN4O. The molecule has 6 heteroatoms. The Hall–Kier alpha value is -1.33. The molecule has 2 unspecified atom stereocenters. The van der Waals surface area contributed by atoms with Crippen LogP contribution >= 0.6 is 11.6 Å². The van der Waals surface area contributed by atoms with E-state index in [0.29, 0.717) is 11.8 Å². The van der Waals surface area contributed by atoms with Crippen molar-refractivity contribution < 1.29 is 4.74 Å². The molecule has 1 fully saturated rings. The highest BCUT2D eigenvalue weighted by Crippen LogP contribution is 2.42. The second-order valence-corrected chi connectivity index (χ2v) is 4.85. The van der Waals surface area contributed by atoms with E-state index in [4.69, 9.17) is 16.3 Å². The van der Waals surface area contributed by atoms with E-state index >= 15 is 0 Å². The van der Waals surface area contributed by atoms with E-state index in [-0.39, 0.29) is 5.92 Å². The first-order valence-electron chi connectivity index (χ1n) is 5.97. The minimum Gasteiger partial charge on any atom is -0.381 e. The van der Waals surface area contributed by atoms with Crippen LogP contribution in [0.25, 0.3) is 0 Å². The molecule has 94 valence electrons. The predicted molar refractivity (Wildman–Crippen MR) is 67.8 cm³/mol. The van der Waals surface area contributed by atoms with Gasteiger partial charge in [-0.05, 0) is 25.0 Å². The third-order valence-corrected chi connectivity index (χ3v) is 3.60. The third-order valence-electron chi connectivity index (χ3n) is 3.40. The second-order valence-electron chi connectivity index (χ2n) is 4.47. The largest absolute Gasteiger partial charge is 0.381 e. The van der Waals surface area contributed by atoms with Crippen LogP contribution in [0.1, 0.15) is 18.4 Å². The molecule has 0 bridgehead atoms. The molecule has 2 aliphatic rings. The molecule has 1 aromatic heterocycles. The smallest absolute Gasteiger partial charge is 0.203 e. The number of ether oxygens (including phenoxy) is 1. The molecule has 18 heavy (non-hydrogen) atoms. The van der Waals surface area contributed by atoms with Gasteiger partial charge >= 0.3 is 0 Å². The number of azo groups is 1. The minimum atomic E-state index is -0.674. The van der Waals surface area contributed by atoms with Gasteiger partial charge in [-0.25, -0.2) is 9.98 Å². The Kier molecular flexibility index (Phi) is 3.09. The first-order chi connectivity index (χ1) is 8.81. The molecule has 3 heterocycles. The summed E-state index contributed by atoms with van der Waals surface area (Å²) in [7, 11) is 0. The Balaban J connectivity index is 2.01. The standard InChI is InChI=1S/C12H13ClN4O/c13-11-6-9(3-4-14-11)12(15-8-16-17-12)10-2-1-5-18-7-10/h3-4,6,8,10H,1-2,5,7H2. The molecule has 5 nitrogen and oxygen atoms in total. The Morgan fingerprint density at radius 2 is 2.39 bits per heavy atom. The summed E-state index contributed by atoms with van der Waals surface area (Å²) >= 11 is 5.96. The first-order valence-corrected chi connectivity index (χ1v) is 6.34. The SMILES string of the molecule is Clc1cc(C2(C3CCCOC3)N=CN=N2)ccn1. The van der Waals surface area contributed by atoms with Crippen LogP contribution in [-0.4, -0.2) is 24.5 Å². The fourth-order valence-electron chi connectivity index (χ4n) is 2.50. The van der Waals surface area contributed by atoms with Gasteiger partial charge in [0.15, 0.2) is 0 Å². The summed E-state index contributed by atoms with van der Waals surface area (Å²) < 4.78 is 5.55. The number of rotatable bonds is 2. The number of hydrogen-bond donors (Lipinski definition) is 0. The van der Waals surface area contributed by atoms with E-state index < -0.39 is 5.66 Å². The lowest BCUT2D eigenvalue weighted by Crippen LogP contribution is -2.36. The average molecular weight is 265 g/mol. The van der Waals surface area contributed by atoms with Crippen molar-refractivity contribution in [1.29, 1.82) is 0 Å². The zero-order valence-corrected chi connectivity index (χ0v) is 10.5. The average Bonchev–Trinajstić information content (AvgIpc) is 2.90. The van der Waals surface area contributed by atoms with E-state index in [2.05, 4.69) is 20.2 Å². The molecule has 0 aliphatic carbocycles. The van der Waals surface area contributed by atoms with Gasteiger partial charge in [-0.15, -0.1) is 5.11 Å². The minimum absolute atomic E-state index is 0.201. The molecule has 0 spiro atoms. The Labute approximate surface area is 110 Å². The molecule has 2 aliphatic heterocycles. The summed E-state index contributed by atoms with van der Waals surface area (Å²) in [6.07, 6.45) is 5.22. The van der Waals surface area contributed by atoms with Gasteiger partial charge in [-0.3, -0.25) is 0 Å². The number of halogens is 1. The zero-order valence-electron chi connectivity index (χ0n) is 9.79. The highest BCUT2D eigenvalue weighted by Gasteiger charge is 2.43. The Bertz CT molecular complexity index is 485. The van der Waals surface area contributed by atoms with Gasteiger partial charge in [0.2, 0.25) is 5.66 Å². The molecule has 0 N–H and O–H groups in total. The maximum atomic E-state index is 5.96. The molecular weight excluding hydrogens is 252 g/mol. The van der Waals surface area contributed by atoms with Crippen LogP contribution in [0.15, 0.2) is 33.6 Å². The van der Waals surface area contributed by atoms with Crippen LogP contribution in [-0.2, 0) is 10.4 Å². The maximum Gasteiger partial charge on any atom is 0.203 e. The molecule has 0 aromatic carbocycles. The summed E-state index contributed by atoms with van der Waals surface area (Å²) in [5.41, 5.74) is 0.253. The quantitative estimate of drug-likeness (QED) is 0.771. The number of hydrogen-bond acceptors (Lipinski definition) is 5. The summed E-state index contributed by atoms with van der Waals surface area (Å²) in [4.78, 5) is 8.47. The number of aromatic nitrogens is 1. The van der Waals surface area contributed by atoms with Crippen molar-refractivity contribution in [2.45, 2.75) is 18.5 Å². The van der Waals surface area contributed by atoms with Crippen LogP contribution in [0.3, 0.4) is 0 Å². The Morgan fingerprint density at radius 1 is 1.44 bits per heavy atom. The van der Waals surface area contributed by atoms with E-state index in [0.717, 1.165) is 25.0 Å². The van der Waals surface area contributed by atoms with E-state index in [1.807, 2.05) is 6.07 Å². The van der Waals surface area contributed by atoms with Crippen molar-refractivity contribution in [3.63, 3.8) is 0 Å². The fraction of sp³-hybridized carbons (Fsp3) is 0.500. The molecule has 1 saturated heterocycles. The second kappa shape index (κ2) is 4.74. The van der Waals surface area contributed by atoms with E-state index in [1.54, 1.807) is 12.3 Å². The molecule has 3 rings (SSSR count). The fourth-order valence-corrected chi connectivity index (χ4v) is 2.67. The van der Waals surface area contributed by atoms with Crippen LogP contribution < -0.4 is 0 Å². The Morgan fingerprint density at radius 3 is 3.06 bits per heavy atom. The number of aliphatic imine (C=N–C) groups is 1. The van der Waals surface area contributed by atoms with E-state index in [1.165, 1.54) is 6.34 Å². The summed E-state index contributed by atoms with van der Waals surface area (Å²) in [6, 6.07) is 3.69. The van der Waals surface area contributed by atoms with Gasteiger partial charge in [0, 0.05) is 24.3 Å². The van der Waals surface area contributed by atoms with Crippen LogP contribution in [0.4, 0.5) is 0 Å². The van der Waals surface area contributed by atoms with Crippen molar-refractivity contribution in [3.8, 4) is 0 Å². The molecule has 0 saturated carbocycles. The normalized spacial score (nSPS) is 30.8. The van der Waals surface area contributed by atoms with Crippen molar-refractivity contribution in [2.24, 2.45) is 21.1 Å². The summed E-state index contributed by atoms with van der Waals surface area (Å²) in [5.74, 6) is 0.201. The molecule has 0 amide bonds. The van der Waals surface area contributed by atoms with Crippen molar-refractivity contribution in [2.75, 3.05) is 13.2 Å². The van der Waals surface area contributed by atoms with Crippen LogP contribution in [0.5, 0.6) is 0 Å². The van der Waals surface area contributed by atoms with Gasteiger partial charge in [-0.2, -0.15) is 5.11 Å². The monoisotopic (exact) mass is 264 g/mol. The molecule has 1 aromatic rings. The first kappa shape index (κ1) is 11.7. The highest BCUT2D eigenvalue weighted by atomic mass is 35.5. The topological polar surface area (TPSA) is 59.2 Å². The van der Waals surface area contributed by atoms with Crippen molar-refractivity contribution in [3.05, 3.63) is 29.0 Å². The highest BCUT2D eigenvalue weighted by molar-refractivity contribution is 6.29. The van der Waals surface area contributed by atoms with Gasteiger partial charge in [0.05, 0.1) is 6.61 Å². The number of nitrogens with zero attached hydrogens (tertiary/aromatic N) is 4. The van der Waals surface area contributed by atoms with Gasteiger partial charge in [0.1, 0.15) is 11.5 Å². The van der Waals surface area contributed by atoms with Crippen molar-refractivity contribution >= 4 is 17.9 Å². The number of pyridine rings is 1. The zero-order chi connectivity index (χ0) is 12.4. The van der Waals surface area contributed by atoms with Gasteiger partial charge in [0.25, 0.3) is 0 Å². The van der Waals surface area contributed by atoms with Crippen LogP contribution in [0, 0.1) is 5.92 Å². The molecule has 2 atom stereocenters. The van der Waals surface area contributed by atoms with E-state index in [9.17, 15) is 0 Å². The summed E-state index contributed by atoms with van der Waals surface area (Å²) in [6.45, 7) is 1.46.